The number of benzene rings is 2. The molecule has 1 aromatic heterocycles. The fraction of sp³-hybridized carbons (Fsp3) is 0.516. The van der Waals surface area contributed by atoms with Crippen LogP contribution in [0.4, 0.5) is 5.69 Å². The second-order valence-electron chi connectivity index (χ2n) is 10.1. The molecule has 0 atom stereocenters. The van der Waals surface area contributed by atoms with Gasteiger partial charge in [-0.2, -0.15) is 4.57 Å². The van der Waals surface area contributed by atoms with Crippen LogP contribution in [0.15, 0.2) is 46.7 Å². The maximum absolute atomic E-state index is 6.37. The van der Waals surface area contributed by atoms with E-state index in [1.54, 1.807) is 0 Å². The largest absolute Gasteiger partial charge is 0.438 e. The van der Waals surface area contributed by atoms with Crippen LogP contribution in [0.25, 0.3) is 17.2 Å². The molecule has 3 aromatic rings. The van der Waals surface area contributed by atoms with Crippen molar-refractivity contribution in [2.75, 3.05) is 11.4 Å². The number of aryl methyl sites for hydroxylation is 1. The molecule has 0 amide bonds. The Bertz CT molecular complexity index is 1190. The second-order valence-corrected chi connectivity index (χ2v) is 11.0. The molecule has 4 rings (SSSR count). The molecule has 0 unspecified atom stereocenters. The summed E-state index contributed by atoms with van der Waals surface area (Å²) in [5, 5.41) is 1.43. The van der Waals surface area contributed by atoms with Crippen molar-refractivity contribution in [2.45, 2.75) is 97.4 Å². The van der Waals surface area contributed by atoms with Gasteiger partial charge in [-0.1, -0.05) is 94.8 Å². The van der Waals surface area contributed by atoms with E-state index in [0.717, 1.165) is 60.2 Å². The molecule has 6 heteroatoms. The Hall–Kier alpha value is -2.17. The van der Waals surface area contributed by atoms with Gasteiger partial charge in [0.05, 0.1) is 5.69 Å². The van der Waals surface area contributed by atoms with Crippen LogP contribution in [-0.4, -0.2) is 6.54 Å². The topological polar surface area (TPSA) is 29.5 Å². The molecule has 2 aromatic carbocycles. The lowest BCUT2D eigenvalue weighted by atomic mass is 10.1. The van der Waals surface area contributed by atoms with Gasteiger partial charge in [0, 0.05) is 29.1 Å². The molecule has 0 saturated carbocycles. The van der Waals surface area contributed by atoms with E-state index in [4.69, 9.17) is 32.4 Å². The summed E-state index contributed by atoms with van der Waals surface area (Å²) in [7, 11) is 0. The number of oxazole rings is 1. The number of unbranched alkanes of at least 4 members (excludes halogenated alkanes) is 10. The lowest BCUT2D eigenvalue weighted by Crippen LogP contribution is -2.36. The normalized spacial score (nSPS) is 14.1. The molecule has 37 heavy (non-hydrogen) atoms. The first-order chi connectivity index (χ1) is 18.1. The number of hydrogen-bond donors (Lipinski definition) is 0. The van der Waals surface area contributed by atoms with Crippen LogP contribution >= 0.6 is 23.2 Å². The van der Waals surface area contributed by atoms with Crippen LogP contribution in [-0.2, 0) is 6.54 Å². The van der Waals surface area contributed by atoms with Crippen molar-refractivity contribution in [3.8, 4) is 5.75 Å². The molecule has 0 saturated heterocycles. The maximum Gasteiger partial charge on any atom is 0.379 e. The summed E-state index contributed by atoms with van der Waals surface area (Å²) in [6.45, 7) is 6.28. The number of aromatic nitrogens is 1. The van der Waals surface area contributed by atoms with Crippen LogP contribution < -0.4 is 14.2 Å². The van der Waals surface area contributed by atoms with Gasteiger partial charge in [-0.3, -0.25) is 0 Å². The zero-order valence-electron chi connectivity index (χ0n) is 22.4. The molecular formula is C31H41Cl2N2O2+. The Kier molecular flexibility index (Phi) is 10.6. The van der Waals surface area contributed by atoms with Crippen LogP contribution in [0.3, 0.4) is 0 Å². The molecule has 1 aliphatic rings. The molecule has 2 heterocycles. The average molecular weight is 545 g/mol. The van der Waals surface area contributed by atoms with Crippen molar-refractivity contribution in [3.63, 3.8) is 0 Å². The number of fused-ring (bicyclic) bond motifs is 2. The Morgan fingerprint density at radius 3 is 2.19 bits per heavy atom. The van der Waals surface area contributed by atoms with Crippen molar-refractivity contribution in [3.05, 3.63) is 58.2 Å². The summed E-state index contributed by atoms with van der Waals surface area (Å²) in [4.78, 5) is 2.25. The van der Waals surface area contributed by atoms with Gasteiger partial charge in [-0.25, -0.2) is 0 Å². The van der Waals surface area contributed by atoms with Gasteiger partial charge in [-0.05, 0) is 43.2 Å². The first kappa shape index (κ1) is 27.9. The van der Waals surface area contributed by atoms with Gasteiger partial charge in [-0.15, -0.1) is 0 Å². The van der Waals surface area contributed by atoms with E-state index >= 15 is 0 Å². The smallest absolute Gasteiger partial charge is 0.379 e. The SMILES string of the molecule is CCCCCCCCN1C(=Cc2oc3ccc(Cl)cc3[n+]2CCCCCCCC)Oc2ccc(Cl)cc21. The van der Waals surface area contributed by atoms with Crippen LogP contribution in [0, 0.1) is 0 Å². The third kappa shape index (κ3) is 7.45. The molecule has 0 N–H and O–H groups in total. The monoisotopic (exact) mass is 543 g/mol. The Balaban J connectivity index is 1.57. The van der Waals surface area contributed by atoms with Gasteiger partial charge < -0.3 is 14.1 Å². The maximum atomic E-state index is 6.37. The summed E-state index contributed by atoms with van der Waals surface area (Å²) in [5.74, 6) is 2.41. The predicted octanol–water partition coefficient (Wildman–Crippen LogP) is 9.95. The Morgan fingerprint density at radius 1 is 0.784 bits per heavy atom. The molecule has 0 spiro atoms. The van der Waals surface area contributed by atoms with Gasteiger partial charge in [0.25, 0.3) is 5.52 Å². The van der Waals surface area contributed by atoms with Crippen molar-refractivity contribution in [2.24, 2.45) is 0 Å². The number of halogens is 2. The molecular weight excluding hydrogens is 503 g/mol. The number of hydrogen-bond acceptors (Lipinski definition) is 3. The highest BCUT2D eigenvalue weighted by molar-refractivity contribution is 6.31. The molecule has 0 aliphatic carbocycles. The Morgan fingerprint density at radius 2 is 1.43 bits per heavy atom. The molecule has 200 valence electrons. The molecule has 0 fully saturated rings. The van der Waals surface area contributed by atoms with Crippen molar-refractivity contribution in [1.29, 1.82) is 0 Å². The highest BCUT2D eigenvalue weighted by Crippen LogP contribution is 2.41. The van der Waals surface area contributed by atoms with E-state index in [9.17, 15) is 0 Å². The number of anilines is 1. The fourth-order valence-corrected chi connectivity index (χ4v) is 5.36. The van der Waals surface area contributed by atoms with Crippen molar-refractivity contribution < 1.29 is 13.7 Å². The van der Waals surface area contributed by atoms with Crippen molar-refractivity contribution in [1.82, 2.24) is 0 Å². The van der Waals surface area contributed by atoms with E-state index in [1.807, 2.05) is 42.5 Å². The summed E-state index contributed by atoms with van der Waals surface area (Å²) in [5.41, 5.74) is 2.88. The lowest BCUT2D eigenvalue weighted by Gasteiger charge is -2.18. The van der Waals surface area contributed by atoms with Gasteiger partial charge in [0.2, 0.25) is 11.5 Å². The van der Waals surface area contributed by atoms with E-state index < -0.39 is 0 Å². The second kappa shape index (κ2) is 14.1. The fourth-order valence-electron chi connectivity index (χ4n) is 5.03. The quantitative estimate of drug-likeness (QED) is 0.141. The van der Waals surface area contributed by atoms with E-state index in [1.165, 1.54) is 64.2 Å². The summed E-state index contributed by atoms with van der Waals surface area (Å²) in [6, 6.07) is 11.7. The molecule has 0 radical (unpaired) electrons. The minimum Gasteiger partial charge on any atom is -0.438 e. The zero-order chi connectivity index (χ0) is 26.0. The van der Waals surface area contributed by atoms with Gasteiger partial charge >= 0.3 is 5.89 Å². The van der Waals surface area contributed by atoms with E-state index in [0.29, 0.717) is 10.0 Å². The first-order valence-corrected chi connectivity index (χ1v) is 14.9. The average Bonchev–Trinajstić information content (AvgIpc) is 3.40. The summed E-state index contributed by atoms with van der Waals surface area (Å²) in [6.07, 6.45) is 17.0. The van der Waals surface area contributed by atoms with Crippen LogP contribution in [0.5, 0.6) is 5.75 Å². The Labute approximate surface area is 232 Å². The first-order valence-electron chi connectivity index (χ1n) is 14.2. The molecule has 1 aliphatic heterocycles. The lowest BCUT2D eigenvalue weighted by molar-refractivity contribution is -0.678. The minimum atomic E-state index is 0.716. The van der Waals surface area contributed by atoms with E-state index in [-0.39, 0.29) is 0 Å². The zero-order valence-corrected chi connectivity index (χ0v) is 23.9. The van der Waals surface area contributed by atoms with Gasteiger partial charge in [0.15, 0.2) is 12.3 Å². The van der Waals surface area contributed by atoms with Crippen LogP contribution in [0.2, 0.25) is 10.0 Å². The predicted molar refractivity (Wildman–Crippen MR) is 156 cm³/mol. The van der Waals surface area contributed by atoms with Crippen molar-refractivity contribution >= 4 is 46.1 Å². The highest BCUT2D eigenvalue weighted by atomic mass is 35.5. The van der Waals surface area contributed by atoms with Crippen LogP contribution in [0.1, 0.15) is 96.8 Å². The number of nitrogens with zero attached hydrogens (tertiary/aromatic N) is 2. The number of ether oxygens (including phenoxy) is 1. The standard InChI is InChI=1S/C31H41Cl2N2O2/c1-3-5-7-9-11-13-19-34-26-21-24(32)15-17-28(26)36-30(34)23-31-35(20-14-12-10-8-6-4-2)27-22-25(33)16-18-29(27)37-31/h15-18,21-23H,3-14,19-20H2,1-2H3/q+1. The van der Waals surface area contributed by atoms with Gasteiger partial charge in [0.1, 0.15) is 6.08 Å². The van der Waals surface area contributed by atoms with E-state index in [2.05, 4.69) is 23.3 Å². The molecule has 0 bridgehead atoms. The molecule has 4 nitrogen and oxygen atoms in total. The third-order valence-electron chi connectivity index (χ3n) is 7.10. The highest BCUT2D eigenvalue weighted by Gasteiger charge is 2.30. The third-order valence-corrected chi connectivity index (χ3v) is 7.57. The summed E-state index contributed by atoms with van der Waals surface area (Å²) < 4.78 is 14.9. The minimum absolute atomic E-state index is 0.716. The number of rotatable bonds is 15. The summed E-state index contributed by atoms with van der Waals surface area (Å²) >= 11 is 12.7.